The van der Waals surface area contributed by atoms with Crippen molar-refractivity contribution < 1.29 is 9.47 Å². The van der Waals surface area contributed by atoms with Gasteiger partial charge < -0.3 is 9.47 Å². The Balaban J connectivity index is 1.79. The molecule has 2 rings (SSSR count). The fraction of sp³-hybridized carbons (Fsp3) is 1.00. The van der Waals surface area contributed by atoms with Crippen molar-refractivity contribution in [3.05, 3.63) is 0 Å². The van der Waals surface area contributed by atoms with Crippen LogP contribution in [0.25, 0.3) is 0 Å². The van der Waals surface area contributed by atoms with E-state index in [-0.39, 0.29) is 0 Å². The van der Waals surface area contributed by atoms with Gasteiger partial charge in [0.2, 0.25) is 0 Å². The molecular weight excluding hydrogens is 154 g/mol. The minimum atomic E-state index is 0.382. The highest BCUT2D eigenvalue weighted by molar-refractivity contribution is 4.79. The highest BCUT2D eigenvalue weighted by atomic mass is 16.6. The highest BCUT2D eigenvalue weighted by Gasteiger charge is 2.29. The summed E-state index contributed by atoms with van der Waals surface area (Å²) in [6, 6.07) is 0. The Morgan fingerprint density at radius 3 is 2.33 bits per heavy atom. The standard InChI is InChI=1S/C9H17NO2/c1-7-3-10(4-8(2)12-7)5-9-6-11-9/h7-9H,3-6H2,1-2H3/t7?,8?,9-/m0/s1. The highest BCUT2D eigenvalue weighted by Crippen LogP contribution is 2.15. The first kappa shape index (κ1) is 8.48. The summed E-state index contributed by atoms with van der Waals surface area (Å²) < 4.78 is 10.8. The maximum atomic E-state index is 5.64. The van der Waals surface area contributed by atoms with Gasteiger partial charge in [0.1, 0.15) is 0 Å². The molecular formula is C9H17NO2. The summed E-state index contributed by atoms with van der Waals surface area (Å²) in [5, 5.41) is 0. The van der Waals surface area contributed by atoms with Gasteiger partial charge in [-0.25, -0.2) is 0 Å². The van der Waals surface area contributed by atoms with Crippen LogP contribution in [-0.2, 0) is 9.47 Å². The molecule has 0 aromatic carbocycles. The summed E-state index contributed by atoms with van der Waals surface area (Å²) in [5.41, 5.74) is 0. The van der Waals surface area contributed by atoms with Crippen molar-refractivity contribution in [1.82, 2.24) is 4.90 Å². The Labute approximate surface area is 73.6 Å². The van der Waals surface area contributed by atoms with E-state index in [0.29, 0.717) is 18.3 Å². The Bertz CT molecular complexity index is 146. The van der Waals surface area contributed by atoms with E-state index in [4.69, 9.17) is 9.47 Å². The summed E-state index contributed by atoms with van der Waals surface area (Å²) >= 11 is 0. The van der Waals surface area contributed by atoms with Gasteiger partial charge in [-0.3, -0.25) is 4.90 Å². The van der Waals surface area contributed by atoms with Crippen molar-refractivity contribution in [2.45, 2.75) is 32.2 Å². The molecule has 0 spiro atoms. The smallest absolute Gasteiger partial charge is 0.0936 e. The first-order valence-corrected chi connectivity index (χ1v) is 4.73. The average molecular weight is 171 g/mol. The summed E-state index contributed by atoms with van der Waals surface area (Å²) in [6.07, 6.45) is 1.28. The van der Waals surface area contributed by atoms with Gasteiger partial charge in [-0.15, -0.1) is 0 Å². The van der Waals surface area contributed by atoms with Crippen molar-refractivity contribution in [3.8, 4) is 0 Å². The third-order valence-electron chi connectivity index (χ3n) is 2.36. The largest absolute Gasteiger partial charge is 0.373 e. The number of ether oxygens (including phenoxy) is 2. The predicted molar refractivity (Wildman–Crippen MR) is 46.2 cm³/mol. The molecule has 2 fully saturated rings. The lowest BCUT2D eigenvalue weighted by atomic mass is 10.2. The number of hydrogen-bond acceptors (Lipinski definition) is 3. The summed E-state index contributed by atoms with van der Waals surface area (Å²) in [6.45, 7) is 8.44. The van der Waals surface area contributed by atoms with Crippen molar-refractivity contribution in [2.24, 2.45) is 0 Å². The Kier molecular flexibility index (Phi) is 2.35. The Morgan fingerprint density at radius 1 is 1.25 bits per heavy atom. The monoisotopic (exact) mass is 171 g/mol. The average Bonchev–Trinajstić information content (AvgIpc) is 2.68. The van der Waals surface area contributed by atoms with Gasteiger partial charge in [-0.1, -0.05) is 0 Å². The molecule has 0 N–H and O–H groups in total. The van der Waals surface area contributed by atoms with Crippen molar-refractivity contribution in [2.75, 3.05) is 26.2 Å². The van der Waals surface area contributed by atoms with Crippen LogP contribution in [-0.4, -0.2) is 49.5 Å². The maximum absolute atomic E-state index is 5.64. The SMILES string of the molecule is CC1CN(C[C@H]2CO2)CC(C)O1. The third-order valence-corrected chi connectivity index (χ3v) is 2.36. The normalized spacial score (nSPS) is 43.0. The van der Waals surface area contributed by atoms with Crippen LogP contribution in [0.3, 0.4) is 0 Å². The zero-order valence-corrected chi connectivity index (χ0v) is 7.82. The quantitative estimate of drug-likeness (QED) is 0.565. The molecule has 0 saturated carbocycles. The van der Waals surface area contributed by atoms with Crippen molar-refractivity contribution in [3.63, 3.8) is 0 Å². The minimum absolute atomic E-state index is 0.382. The lowest BCUT2D eigenvalue weighted by Gasteiger charge is -2.34. The van der Waals surface area contributed by atoms with E-state index in [9.17, 15) is 0 Å². The van der Waals surface area contributed by atoms with E-state index >= 15 is 0 Å². The molecule has 2 aliphatic rings. The third kappa shape index (κ3) is 2.19. The number of epoxide rings is 1. The number of rotatable bonds is 2. The first-order chi connectivity index (χ1) is 5.74. The van der Waals surface area contributed by atoms with E-state index in [1.54, 1.807) is 0 Å². The molecule has 2 unspecified atom stereocenters. The molecule has 0 radical (unpaired) electrons. The molecule has 2 saturated heterocycles. The van der Waals surface area contributed by atoms with Gasteiger partial charge in [0.25, 0.3) is 0 Å². The zero-order valence-electron chi connectivity index (χ0n) is 7.82. The van der Waals surface area contributed by atoms with Crippen LogP contribution in [0.2, 0.25) is 0 Å². The minimum Gasteiger partial charge on any atom is -0.373 e. The van der Waals surface area contributed by atoms with Crippen LogP contribution >= 0.6 is 0 Å². The lowest BCUT2D eigenvalue weighted by Crippen LogP contribution is -2.46. The van der Waals surface area contributed by atoms with Crippen LogP contribution in [0.15, 0.2) is 0 Å². The Morgan fingerprint density at radius 2 is 1.83 bits per heavy atom. The predicted octanol–water partition coefficient (Wildman–Crippen LogP) is 0.494. The van der Waals surface area contributed by atoms with Gasteiger partial charge in [0, 0.05) is 19.6 Å². The van der Waals surface area contributed by atoms with Crippen LogP contribution in [0.5, 0.6) is 0 Å². The van der Waals surface area contributed by atoms with Gasteiger partial charge in [-0.05, 0) is 13.8 Å². The molecule has 70 valence electrons. The van der Waals surface area contributed by atoms with Gasteiger partial charge in [0.15, 0.2) is 0 Å². The van der Waals surface area contributed by atoms with E-state index < -0.39 is 0 Å². The van der Waals surface area contributed by atoms with E-state index in [1.165, 1.54) is 0 Å². The molecule has 2 aliphatic heterocycles. The summed E-state index contributed by atoms with van der Waals surface area (Å²) in [4.78, 5) is 2.44. The second kappa shape index (κ2) is 3.32. The molecule has 0 aromatic heterocycles. The first-order valence-electron chi connectivity index (χ1n) is 4.73. The Hall–Kier alpha value is -0.120. The van der Waals surface area contributed by atoms with Crippen LogP contribution in [0.1, 0.15) is 13.8 Å². The molecule has 2 heterocycles. The summed E-state index contributed by atoms with van der Waals surface area (Å²) in [5.74, 6) is 0. The molecule has 12 heavy (non-hydrogen) atoms. The number of nitrogens with zero attached hydrogens (tertiary/aromatic N) is 1. The molecule has 0 bridgehead atoms. The second-order valence-corrected chi connectivity index (χ2v) is 3.93. The van der Waals surface area contributed by atoms with E-state index in [0.717, 1.165) is 26.2 Å². The maximum Gasteiger partial charge on any atom is 0.0936 e. The number of hydrogen-bond donors (Lipinski definition) is 0. The zero-order chi connectivity index (χ0) is 8.55. The molecule has 3 heteroatoms. The molecule has 3 atom stereocenters. The van der Waals surface area contributed by atoms with Gasteiger partial charge in [-0.2, -0.15) is 0 Å². The van der Waals surface area contributed by atoms with Gasteiger partial charge >= 0.3 is 0 Å². The lowest BCUT2D eigenvalue weighted by molar-refractivity contribution is -0.0690. The second-order valence-electron chi connectivity index (χ2n) is 3.93. The van der Waals surface area contributed by atoms with Crippen LogP contribution < -0.4 is 0 Å². The molecule has 3 nitrogen and oxygen atoms in total. The van der Waals surface area contributed by atoms with Crippen molar-refractivity contribution in [1.29, 1.82) is 0 Å². The fourth-order valence-electron chi connectivity index (χ4n) is 1.89. The van der Waals surface area contributed by atoms with Crippen LogP contribution in [0, 0.1) is 0 Å². The van der Waals surface area contributed by atoms with Crippen molar-refractivity contribution >= 4 is 0 Å². The van der Waals surface area contributed by atoms with Gasteiger partial charge in [0.05, 0.1) is 24.9 Å². The molecule has 0 aliphatic carbocycles. The molecule has 0 aromatic rings. The number of morpholine rings is 1. The topological polar surface area (TPSA) is 25.0 Å². The van der Waals surface area contributed by atoms with E-state index in [1.807, 2.05) is 0 Å². The summed E-state index contributed by atoms with van der Waals surface area (Å²) in [7, 11) is 0. The fourth-order valence-corrected chi connectivity index (χ4v) is 1.89. The van der Waals surface area contributed by atoms with E-state index in [2.05, 4.69) is 18.7 Å². The van der Waals surface area contributed by atoms with Crippen LogP contribution in [0.4, 0.5) is 0 Å². The molecule has 0 amide bonds.